The fourth-order valence-corrected chi connectivity index (χ4v) is 2.96. The van der Waals surface area contributed by atoms with Crippen LogP contribution in [0.1, 0.15) is 47.0 Å². The molecule has 2 heterocycles. The third-order valence-corrected chi connectivity index (χ3v) is 4.28. The Labute approximate surface area is 140 Å². The number of amidine groups is 1. The minimum Gasteiger partial charge on any atom is -0.444 e. The van der Waals surface area contributed by atoms with Crippen molar-refractivity contribution in [3.63, 3.8) is 0 Å². The van der Waals surface area contributed by atoms with Crippen LogP contribution in [0.4, 0.5) is 4.79 Å². The molecule has 0 spiro atoms. The van der Waals surface area contributed by atoms with Gasteiger partial charge in [-0.3, -0.25) is 14.8 Å². The molecule has 1 amide bonds. The molecular weight excluding hydrogens is 292 g/mol. The normalized spacial score (nSPS) is 21.6. The van der Waals surface area contributed by atoms with Crippen LogP contribution in [0.5, 0.6) is 0 Å². The van der Waals surface area contributed by atoms with Gasteiger partial charge < -0.3 is 10.1 Å². The summed E-state index contributed by atoms with van der Waals surface area (Å²) in [6, 6.07) is 0.495. The van der Waals surface area contributed by atoms with Crippen molar-refractivity contribution in [3.05, 3.63) is 0 Å². The highest BCUT2D eigenvalue weighted by molar-refractivity contribution is 5.87. The summed E-state index contributed by atoms with van der Waals surface area (Å²) >= 11 is 0. The number of hydrogen-bond acceptors (Lipinski definition) is 5. The van der Waals surface area contributed by atoms with Crippen molar-refractivity contribution < 1.29 is 9.53 Å². The molecule has 6 heteroatoms. The Morgan fingerprint density at radius 2 is 1.96 bits per heavy atom. The minimum absolute atomic E-state index is 0.254. The molecule has 2 rings (SSSR count). The summed E-state index contributed by atoms with van der Waals surface area (Å²) < 4.78 is 5.44. The van der Waals surface area contributed by atoms with Gasteiger partial charge in [0.1, 0.15) is 11.4 Å². The van der Waals surface area contributed by atoms with E-state index < -0.39 is 5.60 Å². The Morgan fingerprint density at radius 3 is 2.61 bits per heavy atom. The zero-order valence-electron chi connectivity index (χ0n) is 15.1. The maximum Gasteiger partial charge on any atom is 0.410 e. The molecule has 1 fully saturated rings. The van der Waals surface area contributed by atoms with Crippen LogP contribution in [-0.4, -0.2) is 72.6 Å². The fraction of sp³-hybridized carbons (Fsp3) is 0.882. The van der Waals surface area contributed by atoms with E-state index in [1.165, 1.54) is 32.4 Å². The summed E-state index contributed by atoms with van der Waals surface area (Å²) in [6.45, 7) is 13.0. The van der Waals surface area contributed by atoms with E-state index in [0.717, 1.165) is 12.4 Å². The summed E-state index contributed by atoms with van der Waals surface area (Å²) in [5.74, 6) is 0.894. The van der Waals surface area contributed by atoms with Gasteiger partial charge in [0.15, 0.2) is 0 Å². The molecular formula is C17H32N4O2. The number of hydrogen-bond donors (Lipinski definition) is 1. The van der Waals surface area contributed by atoms with Crippen molar-refractivity contribution in [2.24, 2.45) is 4.99 Å². The predicted octanol–water partition coefficient (Wildman–Crippen LogP) is 2.10. The average molecular weight is 324 g/mol. The first-order valence-electron chi connectivity index (χ1n) is 8.84. The number of ether oxygens (including phenoxy) is 1. The maximum atomic E-state index is 12.2. The van der Waals surface area contributed by atoms with E-state index in [1.807, 2.05) is 20.8 Å². The molecule has 0 bridgehead atoms. The number of likely N-dealkylation sites (tertiary alicyclic amines) is 1. The van der Waals surface area contributed by atoms with Crippen LogP contribution >= 0.6 is 0 Å². The summed E-state index contributed by atoms with van der Waals surface area (Å²) in [4.78, 5) is 20.9. The van der Waals surface area contributed by atoms with E-state index in [0.29, 0.717) is 25.7 Å². The van der Waals surface area contributed by atoms with Crippen molar-refractivity contribution in [1.82, 2.24) is 15.1 Å². The van der Waals surface area contributed by atoms with Crippen molar-refractivity contribution in [2.75, 3.05) is 39.3 Å². The van der Waals surface area contributed by atoms with Crippen LogP contribution in [-0.2, 0) is 4.74 Å². The van der Waals surface area contributed by atoms with Gasteiger partial charge in [-0.25, -0.2) is 4.79 Å². The zero-order chi connectivity index (χ0) is 16.9. The lowest BCUT2D eigenvalue weighted by molar-refractivity contribution is 0.0276. The lowest BCUT2D eigenvalue weighted by atomic mass is 10.1. The molecule has 1 N–H and O–H groups in total. The molecule has 132 valence electrons. The molecule has 2 aliphatic heterocycles. The van der Waals surface area contributed by atoms with Crippen LogP contribution in [0.15, 0.2) is 4.99 Å². The van der Waals surface area contributed by atoms with Gasteiger partial charge in [-0.2, -0.15) is 0 Å². The lowest BCUT2D eigenvalue weighted by Crippen LogP contribution is -2.50. The van der Waals surface area contributed by atoms with Gasteiger partial charge in [-0.05, 0) is 53.6 Å². The number of nitrogens with zero attached hydrogens (tertiary/aromatic N) is 3. The van der Waals surface area contributed by atoms with Gasteiger partial charge in [0.05, 0.1) is 13.1 Å². The molecule has 0 radical (unpaired) electrons. The van der Waals surface area contributed by atoms with Gasteiger partial charge in [0.25, 0.3) is 0 Å². The third kappa shape index (κ3) is 6.01. The SMILES string of the molecule is CC(CNC1=NCCN(C(=O)OC(C)(C)C)C1)N1CCCCC1. The van der Waals surface area contributed by atoms with Crippen LogP contribution in [0.2, 0.25) is 0 Å². The Balaban J connectivity index is 1.77. The average Bonchev–Trinajstić information content (AvgIpc) is 2.52. The van der Waals surface area contributed by atoms with E-state index in [-0.39, 0.29) is 6.09 Å². The van der Waals surface area contributed by atoms with Crippen LogP contribution < -0.4 is 5.32 Å². The number of nitrogens with one attached hydrogen (secondary N) is 1. The molecule has 0 aromatic rings. The van der Waals surface area contributed by atoms with E-state index in [2.05, 4.69) is 22.1 Å². The highest BCUT2D eigenvalue weighted by Gasteiger charge is 2.25. The molecule has 1 unspecified atom stereocenters. The summed E-state index contributed by atoms with van der Waals surface area (Å²) in [5, 5.41) is 3.43. The molecule has 1 atom stereocenters. The minimum atomic E-state index is -0.456. The first-order valence-corrected chi connectivity index (χ1v) is 8.84. The second-order valence-corrected chi connectivity index (χ2v) is 7.56. The van der Waals surface area contributed by atoms with E-state index >= 15 is 0 Å². The number of piperidine rings is 1. The summed E-state index contributed by atoms with van der Waals surface area (Å²) in [6.07, 6.45) is 3.71. The Morgan fingerprint density at radius 1 is 1.26 bits per heavy atom. The maximum absolute atomic E-state index is 12.2. The van der Waals surface area contributed by atoms with Crippen LogP contribution in [0, 0.1) is 0 Å². The third-order valence-electron chi connectivity index (χ3n) is 4.28. The molecule has 0 aromatic heterocycles. The van der Waals surface area contributed by atoms with E-state index in [9.17, 15) is 4.79 Å². The number of rotatable bonds is 3. The molecule has 0 aliphatic carbocycles. The van der Waals surface area contributed by atoms with Gasteiger partial charge in [-0.1, -0.05) is 6.42 Å². The van der Waals surface area contributed by atoms with E-state index in [1.54, 1.807) is 4.90 Å². The topological polar surface area (TPSA) is 57.2 Å². The Hall–Kier alpha value is -1.30. The Kier molecular flexibility index (Phi) is 6.27. The van der Waals surface area contributed by atoms with Crippen LogP contribution in [0.3, 0.4) is 0 Å². The van der Waals surface area contributed by atoms with Crippen molar-refractivity contribution >= 4 is 11.9 Å². The quantitative estimate of drug-likeness (QED) is 0.864. The number of carbonyl (C=O) groups is 1. The monoisotopic (exact) mass is 324 g/mol. The number of aliphatic imine (C=N–C) groups is 1. The molecule has 0 saturated carbocycles. The van der Waals surface area contributed by atoms with Crippen molar-refractivity contribution in [3.8, 4) is 0 Å². The second kappa shape index (κ2) is 7.99. The summed E-state index contributed by atoms with van der Waals surface area (Å²) in [5.41, 5.74) is -0.456. The Bertz CT molecular complexity index is 425. The van der Waals surface area contributed by atoms with Gasteiger partial charge in [0.2, 0.25) is 0 Å². The predicted molar refractivity (Wildman–Crippen MR) is 93.0 cm³/mol. The molecule has 1 saturated heterocycles. The first-order chi connectivity index (χ1) is 10.8. The highest BCUT2D eigenvalue weighted by Crippen LogP contribution is 2.12. The van der Waals surface area contributed by atoms with Gasteiger partial charge >= 0.3 is 6.09 Å². The van der Waals surface area contributed by atoms with E-state index in [4.69, 9.17) is 4.74 Å². The zero-order valence-corrected chi connectivity index (χ0v) is 15.1. The van der Waals surface area contributed by atoms with Crippen LogP contribution in [0.25, 0.3) is 0 Å². The lowest BCUT2D eigenvalue weighted by Gasteiger charge is -2.34. The first kappa shape index (κ1) is 18.0. The largest absolute Gasteiger partial charge is 0.444 e. The summed E-state index contributed by atoms with van der Waals surface area (Å²) in [7, 11) is 0. The smallest absolute Gasteiger partial charge is 0.410 e. The van der Waals surface area contributed by atoms with Gasteiger partial charge in [-0.15, -0.1) is 0 Å². The second-order valence-electron chi connectivity index (χ2n) is 7.56. The molecule has 23 heavy (non-hydrogen) atoms. The highest BCUT2D eigenvalue weighted by atomic mass is 16.6. The standard InChI is InChI=1S/C17H32N4O2/c1-14(20-9-6-5-7-10-20)12-19-15-13-21(11-8-18-15)16(22)23-17(2,3)4/h14H,5-13H2,1-4H3,(H,18,19). The number of carbonyl (C=O) groups excluding carboxylic acids is 1. The van der Waals surface area contributed by atoms with Gasteiger partial charge in [0, 0.05) is 19.1 Å². The molecule has 0 aromatic carbocycles. The number of amides is 1. The van der Waals surface area contributed by atoms with Crippen molar-refractivity contribution in [1.29, 1.82) is 0 Å². The van der Waals surface area contributed by atoms with Crippen molar-refractivity contribution in [2.45, 2.75) is 58.6 Å². The fourth-order valence-electron chi connectivity index (χ4n) is 2.96. The molecule has 6 nitrogen and oxygen atoms in total. The molecule has 2 aliphatic rings.